The average Bonchev–Trinajstić information content (AvgIpc) is 2.99. The van der Waals surface area contributed by atoms with Crippen LogP contribution in [0.1, 0.15) is 41.8 Å². The van der Waals surface area contributed by atoms with E-state index in [-0.39, 0.29) is 17.7 Å². The number of amides is 2. The number of nitrogens with one attached hydrogen (secondary N) is 2. The van der Waals surface area contributed by atoms with Crippen LogP contribution >= 0.6 is 22.9 Å². The topological polar surface area (TPSA) is 70.6 Å². The number of carbonyl (C=O) groups is 2. The van der Waals surface area contributed by atoms with E-state index < -0.39 is 0 Å². The third-order valence-corrected chi connectivity index (χ3v) is 6.97. The fourth-order valence-electron chi connectivity index (χ4n) is 3.93. The fourth-order valence-corrected chi connectivity index (χ4v) is 5.33. The zero-order valence-electron chi connectivity index (χ0n) is 14.2. The van der Waals surface area contributed by atoms with E-state index in [0.717, 1.165) is 29.3 Å². The summed E-state index contributed by atoms with van der Waals surface area (Å²) in [6.07, 6.45) is 6.99. The molecular formula is C19H20ClN3O2S. The molecule has 4 rings (SSSR count). The Morgan fingerprint density at radius 1 is 1.31 bits per heavy atom. The van der Waals surface area contributed by atoms with Gasteiger partial charge in [0.2, 0.25) is 5.91 Å². The normalized spacial score (nSPS) is 25.9. The molecule has 3 atom stereocenters. The van der Waals surface area contributed by atoms with Crippen LogP contribution in [0.15, 0.2) is 29.4 Å². The van der Waals surface area contributed by atoms with Gasteiger partial charge in [-0.25, -0.2) is 5.43 Å². The van der Waals surface area contributed by atoms with E-state index in [1.807, 2.05) is 24.3 Å². The molecule has 1 aromatic carbocycles. The Morgan fingerprint density at radius 3 is 2.96 bits per heavy atom. The molecule has 2 aromatic rings. The maximum absolute atomic E-state index is 12.4. The fraction of sp³-hybridized carbons (Fsp3) is 0.421. The van der Waals surface area contributed by atoms with Gasteiger partial charge in [-0.05, 0) is 31.2 Å². The molecule has 5 nitrogen and oxygen atoms in total. The maximum atomic E-state index is 12.4. The molecule has 3 unspecified atom stereocenters. The summed E-state index contributed by atoms with van der Waals surface area (Å²) < 4.78 is 0.960. The van der Waals surface area contributed by atoms with E-state index in [9.17, 15) is 9.59 Å². The highest BCUT2D eigenvalue weighted by molar-refractivity contribution is 7.21. The lowest BCUT2D eigenvalue weighted by atomic mass is 9.76. The maximum Gasteiger partial charge on any atom is 0.282 e. The van der Waals surface area contributed by atoms with E-state index in [4.69, 9.17) is 11.6 Å². The van der Waals surface area contributed by atoms with Crippen molar-refractivity contribution in [3.63, 3.8) is 0 Å². The van der Waals surface area contributed by atoms with Crippen LogP contribution in [0.25, 0.3) is 10.1 Å². The number of halogens is 1. The van der Waals surface area contributed by atoms with Crippen LogP contribution in [0.5, 0.6) is 0 Å². The Hall–Kier alpha value is -1.92. The lowest BCUT2D eigenvalue weighted by Gasteiger charge is -2.38. The molecule has 0 spiro atoms. The second kappa shape index (κ2) is 7.37. The smallest absolute Gasteiger partial charge is 0.282 e. The monoisotopic (exact) mass is 389 g/mol. The summed E-state index contributed by atoms with van der Waals surface area (Å²) in [5.41, 5.74) is 2.52. The lowest BCUT2D eigenvalue weighted by Crippen LogP contribution is -2.51. The Kier molecular flexibility index (Phi) is 4.96. The molecule has 2 N–H and O–H groups in total. The van der Waals surface area contributed by atoms with Gasteiger partial charge in [0.05, 0.1) is 10.9 Å². The summed E-state index contributed by atoms with van der Waals surface area (Å²) in [6.45, 7) is 0. The number of carbonyl (C=O) groups excluding carboxylic acids is 2. The van der Waals surface area contributed by atoms with E-state index in [0.29, 0.717) is 21.9 Å². The van der Waals surface area contributed by atoms with Crippen LogP contribution in [-0.2, 0) is 4.79 Å². The number of rotatable bonds is 3. The minimum absolute atomic E-state index is 0.00560. The molecule has 0 bridgehead atoms. The number of fused-ring (bicyclic) bond motifs is 2. The number of benzene rings is 1. The second-order valence-corrected chi connectivity index (χ2v) is 8.39. The molecule has 1 aliphatic carbocycles. The van der Waals surface area contributed by atoms with E-state index >= 15 is 0 Å². The summed E-state index contributed by atoms with van der Waals surface area (Å²) in [5, 5.41) is 8.44. The number of hydrogen-bond acceptors (Lipinski definition) is 4. The Balaban J connectivity index is 1.42. The summed E-state index contributed by atoms with van der Waals surface area (Å²) in [4.78, 5) is 25.1. The third-order valence-electron chi connectivity index (χ3n) is 5.29. The van der Waals surface area contributed by atoms with Crippen LogP contribution < -0.4 is 10.7 Å². The van der Waals surface area contributed by atoms with Gasteiger partial charge in [-0.2, -0.15) is 5.10 Å². The molecule has 1 saturated heterocycles. The standard InChI is InChI=1S/C19H20ClN3O2S/c20-16-13-6-2-4-8-15(13)26-17(16)19(25)23-21-10-12-9-11-5-1-3-7-14(11)22-18(12)24/h2,4,6,8,10-12,14H,1,3,5,7,9H2,(H,22,24)(H,23,25)/b21-10+. The minimum Gasteiger partial charge on any atom is -0.353 e. The lowest BCUT2D eigenvalue weighted by molar-refractivity contribution is -0.127. The first-order valence-electron chi connectivity index (χ1n) is 8.94. The van der Waals surface area contributed by atoms with Crippen LogP contribution in [-0.4, -0.2) is 24.1 Å². The van der Waals surface area contributed by atoms with Gasteiger partial charge in [-0.3, -0.25) is 9.59 Å². The van der Waals surface area contributed by atoms with Crippen molar-refractivity contribution in [2.75, 3.05) is 0 Å². The van der Waals surface area contributed by atoms with Gasteiger partial charge in [0.25, 0.3) is 5.91 Å². The molecule has 1 aromatic heterocycles. The molecule has 26 heavy (non-hydrogen) atoms. The van der Waals surface area contributed by atoms with Crippen molar-refractivity contribution in [2.24, 2.45) is 16.9 Å². The van der Waals surface area contributed by atoms with Gasteiger partial charge in [-0.1, -0.05) is 42.6 Å². The van der Waals surface area contributed by atoms with Crippen molar-refractivity contribution in [1.29, 1.82) is 0 Å². The van der Waals surface area contributed by atoms with E-state index in [2.05, 4.69) is 15.8 Å². The molecule has 2 aliphatic rings. The molecule has 7 heteroatoms. The van der Waals surface area contributed by atoms with Crippen molar-refractivity contribution in [3.8, 4) is 0 Å². The average molecular weight is 390 g/mol. The van der Waals surface area contributed by atoms with E-state index in [1.165, 1.54) is 24.2 Å². The first kappa shape index (κ1) is 17.5. The van der Waals surface area contributed by atoms with Gasteiger partial charge in [-0.15, -0.1) is 11.3 Å². The molecule has 1 aliphatic heterocycles. The van der Waals surface area contributed by atoms with Crippen LogP contribution in [0.4, 0.5) is 0 Å². The SMILES string of the molecule is O=C(N/N=C/C1CC2CCCCC2NC1=O)c1sc2ccccc2c1Cl. The Bertz CT molecular complexity index is 879. The van der Waals surface area contributed by atoms with Crippen molar-refractivity contribution in [3.05, 3.63) is 34.2 Å². The molecular weight excluding hydrogens is 370 g/mol. The number of nitrogens with zero attached hydrogens (tertiary/aromatic N) is 1. The number of hydrazone groups is 1. The van der Waals surface area contributed by atoms with Gasteiger partial charge >= 0.3 is 0 Å². The number of piperidine rings is 1. The molecule has 2 heterocycles. The first-order valence-corrected chi connectivity index (χ1v) is 10.1. The zero-order chi connectivity index (χ0) is 18.1. The van der Waals surface area contributed by atoms with Crippen molar-refractivity contribution in [1.82, 2.24) is 10.7 Å². The van der Waals surface area contributed by atoms with Gasteiger partial charge in [0, 0.05) is 22.3 Å². The minimum atomic E-state index is -0.348. The summed E-state index contributed by atoms with van der Waals surface area (Å²) in [7, 11) is 0. The predicted molar refractivity (Wildman–Crippen MR) is 105 cm³/mol. The summed E-state index contributed by atoms with van der Waals surface area (Å²) in [6, 6.07) is 7.93. The van der Waals surface area contributed by atoms with Crippen molar-refractivity contribution in [2.45, 2.75) is 38.1 Å². The molecule has 2 fully saturated rings. The molecule has 0 radical (unpaired) electrons. The van der Waals surface area contributed by atoms with Crippen molar-refractivity contribution < 1.29 is 9.59 Å². The number of thiophene rings is 1. The van der Waals surface area contributed by atoms with Gasteiger partial charge in [0.1, 0.15) is 4.88 Å². The highest BCUT2D eigenvalue weighted by Crippen LogP contribution is 2.35. The summed E-state index contributed by atoms with van der Waals surface area (Å²) >= 11 is 7.65. The first-order chi connectivity index (χ1) is 12.6. The quantitative estimate of drug-likeness (QED) is 0.616. The highest BCUT2D eigenvalue weighted by atomic mass is 35.5. The largest absolute Gasteiger partial charge is 0.353 e. The molecule has 136 valence electrons. The molecule has 1 saturated carbocycles. The Labute approximate surface area is 160 Å². The van der Waals surface area contributed by atoms with Crippen LogP contribution in [0, 0.1) is 11.8 Å². The molecule has 2 amide bonds. The van der Waals surface area contributed by atoms with Gasteiger partial charge < -0.3 is 5.32 Å². The summed E-state index contributed by atoms with van der Waals surface area (Å²) in [5.74, 6) is -0.108. The van der Waals surface area contributed by atoms with Crippen LogP contribution in [0.3, 0.4) is 0 Å². The third kappa shape index (κ3) is 3.35. The van der Waals surface area contributed by atoms with Gasteiger partial charge in [0.15, 0.2) is 0 Å². The van der Waals surface area contributed by atoms with Crippen molar-refractivity contribution >= 4 is 51.1 Å². The number of hydrogen-bond donors (Lipinski definition) is 2. The van der Waals surface area contributed by atoms with E-state index in [1.54, 1.807) is 6.21 Å². The predicted octanol–water partition coefficient (Wildman–Crippen LogP) is 3.97. The zero-order valence-corrected chi connectivity index (χ0v) is 15.8. The van der Waals surface area contributed by atoms with Crippen LogP contribution in [0.2, 0.25) is 5.02 Å². The second-order valence-electron chi connectivity index (χ2n) is 6.96. The highest BCUT2D eigenvalue weighted by Gasteiger charge is 2.36. The Morgan fingerprint density at radius 2 is 2.12 bits per heavy atom.